The molecule has 2 atom stereocenters. The SMILES string of the molecule is CC.CCCCN1CCC2Cc3[nH]c4c(C)cccc4c3CC2C1.COc1ccccc1. The van der Waals surface area contributed by atoms with Crippen molar-refractivity contribution < 1.29 is 4.74 Å². The van der Waals surface area contributed by atoms with Crippen LogP contribution in [0.4, 0.5) is 0 Å². The molecule has 2 heterocycles. The number of para-hydroxylation sites is 2. The highest BCUT2D eigenvalue weighted by molar-refractivity contribution is 5.87. The maximum Gasteiger partial charge on any atom is 0.118 e. The fraction of sp³-hybridized carbons (Fsp3) is 0.517. The number of aromatic amines is 1. The van der Waals surface area contributed by atoms with Crippen LogP contribution >= 0.6 is 0 Å². The highest BCUT2D eigenvalue weighted by atomic mass is 16.5. The number of piperidine rings is 1. The normalized spacial score (nSPS) is 19.7. The number of aryl methyl sites for hydroxylation is 1. The number of benzene rings is 2. The summed E-state index contributed by atoms with van der Waals surface area (Å²) in [6.07, 6.45) is 6.62. The number of rotatable bonds is 4. The van der Waals surface area contributed by atoms with Crippen molar-refractivity contribution in [2.75, 3.05) is 26.7 Å². The molecule has 1 aliphatic heterocycles. The Morgan fingerprint density at radius 2 is 1.78 bits per heavy atom. The first-order valence-corrected chi connectivity index (χ1v) is 12.6. The van der Waals surface area contributed by atoms with Gasteiger partial charge < -0.3 is 14.6 Å². The third kappa shape index (κ3) is 5.75. The van der Waals surface area contributed by atoms with Gasteiger partial charge in [-0.1, -0.05) is 63.6 Å². The van der Waals surface area contributed by atoms with Crippen molar-refractivity contribution in [3.05, 3.63) is 65.4 Å². The second-order valence-electron chi connectivity index (χ2n) is 8.97. The number of ether oxygens (including phenoxy) is 1. The molecule has 2 aromatic carbocycles. The van der Waals surface area contributed by atoms with E-state index < -0.39 is 0 Å². The summed E-state index contributed by atoms with van der Waals surface area (Å²) < 4.78 is 4.91. The smallest absolute Gasteiger partial charge is 0.118 e. The van der Waals surface area contributed by atoms with Gasteiger partial charge in [-0.05, 0) is 80.8 Å². The molecule has 1 N–H and O–H groups in total. The van der Waals surface area contributed by atoms with Gasteiger partial charge in [0.2, 0.25) is 0 Å². The van der Waals surface area contributed by atoms with Gasteiger partial charge in [-0.15, -0.1) is 0 Å². The van der Waals surface area contributed by atoms with Crippen molar-refractivity contribution in [1.82, 2.24) is 9.88 Å². The van der Waals surface area contributed by atoms with Gasteiger partial charge in [0.15, 0.2) is 0 Å². The molecule has 3 heteroatoms. The first kappa shape index (κ1) is 24.4. The van der Waals surface area contributed by atoms with E-state index in [1.807, 2.05) is 44.2 Å². The Morgan fingerprint density at radius 1 is 1.00 bits per heavy atom. The molecule has 1 fully saturated rings. The van der Waals surface area contributed by atoms with Gasteiger partial charge in [0.1, 0.15) is 5.75 Å². The van der Waals surface area contributed by atoms with Gasteiger partial charge in [0.25, 0.3) is 0 Å². The lowest BCUT2D eigenvalue weighted by atomic mass is 9.74. The van der Waals surface area contributed by atoms with E-state index in [0.717, 1.165) is 17.6 Å². The Balaban J connectivity index is 0.000000244. The molecule has 32 heavy (non-hydrogen) atoms. The number of nitrogens with one attached hydrogen (secondary N) is 1. The number of H-pyrrole nitrogens is 1. The van der Waals surface area contributed by atoms with E-state index in [2.05, 4.69) is 41.9 Å². The van der Waals surface area contributed by atoms with Crippen LogP contribution in [0.5, 0.6) is 5.75 Å². The summed E-state index contributed by atoms with van der Waals surface area (Å²) in [6.45, 7) is 12.5. The summed E-state index contributed by atoms with van der Waals surface area (Å²) in [6, 6.07) is 16.4. The van der Waals surface area contributed by atoms with Crippen LogP contribution in [-0.2, 0) is 12.8 Å². The Hall–Kier alpha value is -2.26. The molecule has 5 rings (SSSR count). The van der Waals surface area contributed by atoms with Crippen molar-refractivity contribution in [2.24, 2.45) is 11.8 Å². The van der Waals surface area contributed by atoms with Crippen LogP contribution in [0.1, 0.15) is 56.9 Å². The molecule has 0 saturated carbocycles. The lowest BCUT2D eigenvalue weighted by Crippen LogP contribution is -2.44. The van der Waals surface area contributed by atoms with Gasteiger partial charge >= 0.3 is 0 Å². The van der Waals surface area contributed by atoms with Crippen LogP contribution in [-0.4, -0.2) is 36.6 Å². The average Bonchev–Trinajstić information content (AvgIpc) is 3.22. The van der Waals surface area contributed by atoms with Crippen LogP contribution in [0.3, 0.4) is 0 Å². The third-order valence-corrected chi connectivity index (χ3v) is 6.95. The van der Waals surface area contributed by atoms with Gasteiger partial charge in [0.05, 0.1) is 7.11 Å². The van der Waals surface area contributed by atoms with E-state index in [4.69, 9.17) is 4.74 Å². The summed E-state index contributed by atoms with van der Waals surface area (Å²) in [4.78, 5) is 6.47. The molecule has 0 amide bonds. The minimum absolute atomic E-state index is 0.873. The zero-order chi connectivity index (χ0) is 22.9. The Bertz CT molecular complexity index is 946. The van der Waals surface area contributed by atoms with Crippen molar-refractivity contribution in [3.63, 3.8) is 0 Å². The van der Waals surface area contributed by atoms with Crippen molar-refractivity contribution >= 4 is 10.9 Å². The minimum Gasteiger partial charge on any atom is -0.497 e. The lowest BCUT2D eigenvalue weighted by molar-refractivity contribution is 0.110. The molecule has 1 aliphatic carbocycles. The molecule has 3 aromatic rings. The molecule has 1 saturated heterocycles. The molecule has 0 bridgehead atoms. The van der Waals surface area contributed by atoms with Gasteiger partial charge in [0, 0.05) is 23.1 Å². The molecule has 0 radical (unpaired) electrons. The van der Waals surface area contributed by atoms with E-state index >= 15 is 0 Å². The van der Waals surface area contributed by atoms with Gasteiger partial charge in [-0.25, -0.2) is 0 Å². The number of aromatic nitrogens is 1. The topological polar surface area (TPSA) is 28.3 Å². The molecule has 1 aromatic heterocycles. The molecular formula is C29H42N2O. The minimum atomic E-state index is 0.873. The molecule has 0 spiro atoms. The molecule has 174 valence electrons. The molecule has 2 aliphatic rings. The quantitative estimate of drug-likeness (QED) is 0.477. The fourth-order valence-electron chi connectivity index (χ4n) is 5.20. The number of hydrogen-bond acceptors (Lipinski definition) is 2. The lowest BCUT2D eigenvalue weighted by Gasteiger charge is -2.41. The number of fused-ring (bicyclic) bond motifs is 4. The third-order valence-electron chi connectivity index (χ3n) is 6.95. The zero-order valence-corrected chi connectivity index (χ0v) is 20.8. The van der Waals surface area contributed by atoms with Crippen molar-refractivity contribution in [1.29, 1.82) is 0 Å². The van der Waals surface area contributed by atoms with Crippen molar-refractivity contribution in [3.8, 4) is 5.75 Å². The first-order chi connectivity index (χ1) is 15.7. The van der Waals surface area contributed by atoms with Crippen LogP contribution < -0.4 is 4.74 Å². The van der Waals surface area contributed by atoms with Crippen LogP contribution in [0.15, 0.2) is 48.5 Å². The van der Waals surface area contributed by atoms with E-state index in [0.29, 0.717) is 0 Å². The van der Waals surface area contributed by atoms with E-state index in [1.54, 1.807) is 12.7 Å². The first-order valence-electron chi connectivity index (χ1n) is 12.6. The van der Waals surface area contributed by atoms with E-state index in [9.17, 15) is 0 Å². The van der Waals surface area contributed by atoms with E-state index in [-0.39, 0.29) is 0 Å². The van der Waals surface area contributed by atoms with Crippen LogP contribution in [0.2, 0.25) is 0 Å². The number of methoxy groups -OCH3 is 1. The average molecular weight is 435 g/mol. The largest absolute Gasteiger partial charge is 0.497 e. The molecular weight excluding hydrogens is 392 g/mol. The van der Waals surface area contributed by atoms with Crippen LogP contribution in [0, 0.1) is 18.8 Å². The number of nitrogens with zero attached hydrogens (tertiary/aromatic N) is 1. The second-order valence-corrected chi connectivity index (χ2v) is 8.97. The summed E-state index contributed by atoms with van der Waals surface area (Å²) in [5, 5.41) is 1.49. The highest BCUT2D eigenvalue weighted by Gasteiger charge is 2.34. The van der Waals surface area contributed by atoms with Gasteiger partial charge in [-0.2, -0.15) is 0 Å². The number of likely N-dealkylation sites (tertiary alicyclic amines) is 1. The zero-order valence-electron chi connectivity index (χ0n) is 20.8. The summed E-state index contributed by atoms with van der Waals surface area (Å²) >= 11 is 0. The molecule has 3 nitrogen and oxygen atoms in total. The van der Waals surface area contributed by atoms with Gasteiger partial charge in [-0.3, -0.25) is 0 Å². The Morgan fingerprint density at radius 3 is 2.47 bits per heavy atom. The van der Waals surface area contributed by atoms with Crippen molar-refractivity contribution in [2.45, 2.75) is 59.8 Å². The summed E-state index contributed by atoms with van der Waals surface area (Å²) in [7, 11) is 1.66. The summed E-state index contributed by atoms with van der Waals surface area (Å²) in [5.74, 6) is 2.68. The monoisotopic (exact) mass is 434 g/mol. The van der Waals surface area contributed by atoms with Crippen LogP contribution in [0.25, 0.3) is 10.9 Å². The predicted octanol–water partition coefficient (Wildman–Crippen LogP) is 7.03. The number of unbranched alkanes of at least 4 members (excludes halogenated alkanes) is 1. The number of hydrogen-bond donors (Lipinski definition) is 1. The highest BCUT2D eigenvalue weighted by Crippen LogP contribution is 2.39. The Kier molecular flexibility index (Phi) is 9.23. The predicted molar refractivity (Wildman–Crippen MR) is 138 cm³/mol. The molecule has 2 unspecified atom stereocenters. The summed E-state index contributed by atoms with van der Waals surface area (Å²) in [5.41, 5.74) is 5.93. The maximum atomic E-state index is 4.91. The fourth-order valence-corrected chi connectivity index (χ4v) is 5.20. The Labute approximate surface area is 195 Å². The standard InChI is InChI=1S/C20H28N2.C7H8O.C2H6/c1-3-4-9-22-10-8-15-12-19-18(11-16(15)13-22)17-7-5-6-14(2)20(17)21-19;1-8-7-5-3-2-4-6-7;1-2/h5-7,15-16,21H,3-4,8-13H2,1-2H3;2-6H,1H3;1-2H3. The maximum absolute atomic E-state index is 4.91. The van der Waals surface area contributed by atoms with E-state index in [1.165, 1.54) is 73.9 Å². The second kappa shape index (κ2) is 12.1.